The summed E-state index contributed by atoms with van der Waals surface area (Å²) >= 11 is 2.53. The van der Waals surface area contributed by atoms with Gasteiger partial charge in [0, 0.05) is 47.3 Å². The standard InChI is InChI=1S/C17H19N5O6S2.Na/c1-27-21-10(8-6-30-17(18)19-8)13(23)20-11-14(24)22-12(16(25)26)7(5-29-15(11)22)9-3-2-4-28-9;/h6,9,11,15H,2-5H2,1H3,(H2,18,19)(H,20,23)(H,25,26);/b21-10-;/t9-,11+,15+;/m0./s1. The van der Waals surface area contributed by atoms with Crippen LogP contribution >= 0.6 is 23.1 Å². The fourth-order valence-electron chi connectivity index (χ4n) is 3.64. The monoisotopic (exact) mass is 476 g/mol. The Labute approximate surface area is 207 Å². The smallest absolute Gasteiger partial charge is 0.352 e. The summed E-state index contributed by atoms with van der Waals surface area (Å²) in [5.41, 5.74) is 6.29. The van der Waals surface area contributed by atoms with Crippen molar-refractivity contribution >= 4 is 81.3 Å². The van der Waals surface area contributed by atoms with Crippen LogP contribution in [0.5, 0.6) is 0 Å². The zero-order valence-corrected chi connectivity index (χ0v) is 20.5. The van der Waals surface area contributed by atoms with Gasteiger partial charge in [-0.15, -0.1) is 23.1 Å². The number of thioether (sulfide) groups is 1. The van der Waals surface area contributed by atoms with Crippen LogP contribution in [0.15, 0.2) is 21.8 Å². The topological polar surface area (TPSA) is 156 Å². The van der Waals surface area contributed by atoms with Gasteiger partial charge in [0.25, 0.3) is 11.8 Å². The molecule has 3 aliphatic rings. The first kappa shape index (κ1) is 24.0. The number of carbonyl (C=O) groups excluding carboxylic acids is 2. The summed E-state index contributed by atoms with van der Waals surface area (Å²) in [6.07, 6.45) is 1.29. The third kappa shape index (κ3) is 4.47. The zero-order chi connectivity index (χ0) is 21.4. The molecule has 4 rings (SSSR count). The van der Waals surface area contributed by atoms with Crippen LogP contribution < -0.4 is 11.1 Å². The van der Waals surface area contributed by atoms with Crippen LogP contribution in [-0.2, 0) is 24.0 Å². The quantitative estimate of drug-likeness (QED) is 0.215. The minimum atomic E-state index is -1.18. The molecule has 4 heterocycles. The maximum Gasteiger partial charge on any atom is 0.352 e. The van der Waals surface area contributed by atoms with E-state index in [1.165, 1.54) is 23.8 Å². The number of anilines is 1. The van der Waals surface area contributed by atoms with Crippen LogP contribution in [0.1, 0.15) is 18.5 Å². The number of aromatic nitrogens is 1. The number of thiazole rings is 1. The van der Waals surface area contributed by atoms with Gasteiger partial charge >= 0.3 is 5.97 Å². The van der Waals surface area contributed by atoms with Gasteiger partial charge in [-0.1, -0.05) is 5.16 Å². The molecule has 1 radical (unpaired) electrons. The maximum absolute atomic E-state index is 12.8. The summed E-state index contributed by atoms with van der Waals surface area (Å²) < 4.78 is 5.63. The Bertz CT molecular complexity index is 961. The van der Waals surface area contributed by atoms with Crippen LogP contribution in [0.25, 0.3) is 0 Å². The summed E-state index contributed by atoms with van der Waals surface area (Å²) in [4.78, 5) is 47.4. The van der Waals surface area contributed by atoms with E-state index < -0.39 is 29.2 Å². The van der Waals surface area contributed by atoms with Crippen molar-refractivity contribution in [1.29, 1.82) is 0 Å². The van der Waals surface area contributed by atoms with Gasteiger partial charge in [-0.25, -0.2) is 9.78 Å². The number of oxime groups is 1. The van der Waals surface area contributed by atoms with Gasteiger partial charge in [-0.2, -0.15) is 0 Å². The average Bonchev–Trinajstić information content (AvgIpc) is 3.40. The molecule has 0 aliphatic carbocycles. The number of rotatable bonds is 6. The molecule has 161 valence electrons. The number of aliphatic carboxylic acids is 1. The molecule has 2 saturated heterocycles. The first-order valence-corrected chi connectivity index (χ1v) is 11.0. The number of nitrogens with one attached hydrogen (secondary N) is 1. The zero-order valence-electron chi connectivity index (χ0n) is 16.9. The largest absolute Gasteiger partial charge is 0.477 e. The predicted molar refractivity (Wildman–Crippen MR) is 114 cm³/mol. The Kier molecular flexibility index (Phi) is 7.65. The molecule has 2 fully saturated rings. The number of carboxylic acid groups (broad SMARTS) is 1. The summed E-state index contributed by atoms with van der Waals surface area (Å²) in [6, 6.07) is -0.888. The van der Waals surface area contributed by atoms with Crippen LogP contribution in [0.4, 0.5) is 5.13 Å². The van der Waals surface area contributed by atoms with Gasteiger partial charge in [0.05, 0.1) is 6.10 Å². The molecule has 2 amide bonds. The molecular formula is C17H19N5NaO6S2. The first-order chi connectivity index (χ1) is 14.4. The van der Waals surface area contributed by atoms with Crippen molar-refractivity contribution in [3.05, 3.63) is 22.3 Å². The number of nitrogens with zero attached hydrogens (tertiary/aromatic N) is 3. The summed E-state index contributed by atoms with van der Waals surface area (Å²) in [7, 11) is 1.28. The number of carboxylic acids is 1. The number of ether oxygens (including phenoxy) is 1. The van der Waals surface area contributed by atoms with Gasteiger partial charge in [0.15, 0.2) is 10.8 Å². The van der Waals surface area contributed by atoms with Crippen molar-refractivity contribution in [2.45, 2.75) is 30.4 Å². The summed E-state index contributed by atoms with van der Waals surface area (Å²) in [6.45, 7) is 0.574. The van der Waals surface area contributed by atoms with E-state index in [2.05, 4.69) is 15.5 Å². The molecule has 0 aromatic carbocycles. The SMILES string of the molecule is CO/N=C(\C(=O)N[C@@H]1C(=O)N2C(C(=O)O)=C([C@@H]3CCCO3)CS[C@H]12)c1csc(N)n1.[Na]. The van der Waals surface area contributed by atoms with Crippen LogP contribution in [-0.4, -0.2) is 105 Å². The molecule has 0 spiro atoms. The molecule has 0 bridgehead atoms. The Hall–Kier alpha value is -1.64. The van der Waals surface area contributed by atoms with Gasteiger partial charge in [0.1, 0.15) is 29.9 Å². The maximum atomic E-state index is 12.8. The molecule has 1 aromatic heterocycles. The molecule has 3 atom stereocenters. The first-order valence-electron chi connectivity index (χ1n) is 9.08. The van der Waals surface area contributed by atoms with E-state index in [9.17, 15) is 19.5 Å². The van der Waals surface area contributed by atoms with Crippen molar-refractivity contribution in [3.8, 4) is 0 Å². The number of hydrogen-bond acceptors (Lipinski definition) is 10. The minimum absolute atomic E-state index is 0. The number of nitrogen functional groups attached to an aromatic ring is 1. The minimum Gasteiger partial charge on any atom is -0.477 e. The normalized spacial score (nSPS) is 25.5. The van der Waals surface area contributed by atoms with Gasteiger partial charge < -0.3 is 25.7 Å². The van der Waals surface area contributed by atoms with Crippen molar-refractivity contribution in [2.24, 2.45) is 5.16 Å². The Morgan fingerprint density at radius 2 is 2.26 bits per heavy atom. The average molecular weight is 476 g/mol. The van der Waals surface area contributed by atoms with Gasteiger partial charge in [-0.3, -0.25) is 14.5 Å². The molecule has 0 saturated carbocycles. The molecule has 14 heteroatoms. The summed E-state index contributed by atoms with van der Waals surface area (Å²) in [5, 5.41) is 17.3. The Morgan fingerprint density at radius 1 is 1.48 bits per heavy atom. The van der Waals surface area contributed by atoms with Crippen molar-refractivity contribution in [3.63, 3.8) is 0 Å². The van der Waals surface area contributed by atoms with E-state index in [1.54, 1.807) is 5.38 Å². The van der Waals surface area contributed by atoms with Crippen LogP contribution in [0.2, 0.25) is 0 Å². The van der Waals surface area contributed by atoms with E-state index in [1.807, 2.05) is 0 Å². The van der Waals surface area contributed by atoms with E-state index in [0.29, 0.717) is 17.9 Å². The number of amides is 2. The molecule has 1 aromatic rings. The molecule has 31 heavy (non-hydrogen) atoms. The number of carbonyl (C=O) groups is 3. The molecule has 11 nitrogen and oxygen atoms in total. The van der Waals surface area contributed by atoms with Crippen molar-refractivity contribution in [2.75, 3.05) is 25.2 Å². The second-order valence-corrected chi connectivity index (χ2v) is 8.73. The molecule has 0 unspecified atom stereocenters. The third-order valence-electron chi connectivity index (χ3n) is 4.97. The number of fused-ring (bicyclic) bond motifs is 1. The van der Waals surface area contributed by atoms with Crippen LogP contribution in [0, 0.1) is 0 Å². The number of β-lactam (4-membered cyclic amide) rings is 1. The second kappa shape index (κ2) is 9.88. The molecular weight excluding hydrogens is 457 g/mol. The molecule has 4 N–H and O–H groups in total. The predicted octanol–water partition coefficient (Wildman–Crippen LogP) is -0.387. The van der Waals surface area contributed by atoms with Crippen LogP contribution in [0.3, 0.4) is 0 Å². The second-order valence-electron chi connectivity index (χ2n) is 6.74. The van der Waals surface area contributed by atoms with Crippen molar-refractivity contribution in [1.82, 2.24) is 15.2 Å². The third-order valence-corrected chi connectivity index (χ3v) is 6.94. The summed E-state index contributed by atoms with van der Waals surface area (Å²) in [5.74, 6) is -1.92. The van der Waals surface area contributed by atoms with E-state index in [0.717, 1.165) is 24.2 Å². The Balaban J connectivity index is 0.00000272. The van der Waals surface area contributed by atoms with Gasteiger partial charge in [-0.05, 0) is 18.4 Å². The number of hydrogen-bond donors (Lipinski definition) is 3. The van der Waals surface area contributed by atoms with E-state index in [4.69, 9.17) is 15.3 Å². The van der Waals surface area contributed by atoms with Gasteiger partial charge in [0.2, 0.25) is 0 Å². The Morgan fingerprint density at radius 3 is 2.84 bits per heavy atom. The van der Waals surface area contributed by atoms with Crippen molar-refractivity contribution < 1.29 is 29.1 Å². The van der Waals surface area contributed by atoms with E-state index in [-0.39, 0.29) is 57.9 Å². The molecule has 3 aliphatic heterocycles. The number of nitrogens with two attached hydrogens (primary N) is 1. The fourth-order valence-corrected chi connectivity index (χ4v) is 5.60. The van der Waals surface area contributed by atoms with E-state index >= 15 is 0 Å². The fraction of sp³-hybridized carbons (Fsp3) is 0.471.